The second-order valence-corrected chi connectivity index (χ2v) is 7.26. The molecule has 0 atom stereocenters. The number of anilines is 1. The third-order valence-electron chi connectivity index (χ3n) is 5.08. The van der Waals surface area contributed by atoms with Gasteiger partial charge in [-0.2, -0.15) is 5.10 Å². The van der Waals surface area contributed by atoms with Crippen molar-refractivity contribution in [1.29, 1.82) is 0 Å². The van der Waals surface area contributed by atoms with Crippen LogP contribution >= 0.6 is 0 Å². The molecule has 0 spiro atoms. The first-order valence-corrected chi connectivity index (χ1v) is 9.96. The van der Waals surface area contributed by atoms with E-state index in [2.05, 4.69) is 43.0 Å². The standard InChI is InChI=1S/C23H24N6O/c1-3-8-24-13-16(2)26-23(30)22-20-12-17(6-7-21(20)27-28-22)18-11-19(15-25-14-18)29-9-4-5-10-29/h3,6-8,11-15H,1,4-5,9-10H2,2H3,(H,26,30)(H,27,28)/b16-13+,24-8-. The molecule has 3 heterocycles. The summed E-state index contributed by atoms with van der Waals surface area (Å²) in [5.74, 6) is -0.287. The number of pyridine rings is 1. The summed E-state index contributed by atoms with van der Waals surface area (Å²) in [6.45, 7) is 7.48. The van der Waals surface area contributed by atoms with Gasteiger partial charge in [0.1, 0.15) is 0 Å². The molecule has 7 nitrogen and oxygen atoms in total. The quantitative estimate of drug-likeness (QED) is 0.611. The molecule has 0 bridgehead atoms. The van der Waals surface area contributed by atoms with Gasteiger partial charge in [-0.05, 0) is 43.5 Å². The maximum Gasteiger partial charge on any atom is 0.276 e. The zero-order valence-corrected chi connectivity index (χ0v) is 16.9. The smallest absolute Gasteiger partial charge is 0.276 e. The number of nitrogens with one attached hydrogen (secondary N) is 2. The third-order valence-corrected chi connectivity index (χ3v) is 5.08. The molecular formula is C23H24N6O. The van der Waals surface area contributed by atoms with E-state index in [9.17, 15) is 4.79 Å². The Bertz CT molecular complexity index is 1140. The van der Waals surface area contributed by atoms with Crippen LogP contribution in [0.4, 0.5) is 5.69 Å². The Morgan fingerprint density at radius 3 is 2.87 bits per heavy atom. The van der Waals surface area contributed by atoms with Crippen LogP contribution in [0.25, 0.3) is 22.0 Å². The molecule has 3 aromatic rings. The van der Waals surface area contributed by atoms with Gasteiger partial charge < -0.3 is 10.2 Å². The van der Waals surface area contributed by atoms with Crippen molar-refractivity contribution in [3.8, 4) is 11.1 Å². The first-order chi connectivity index (χ1) is 14.7. The molecule has 0 saturated carbocycles. The van der Waals surface area contributed by atoms with E-state index in [1.54, 1.807) is 25.4 Å². The molecule has 0 radical (unpaired) electrons. The van der Waals surface area contributed by atoms with Crippen LogP contribution in [0.15, 0.2) is 66.2 Å². The van der Waals surface area contributed by atoms with Gasteiger partial charge in [-0.3, -0.25) is 19.9 Å². The Kier molecular flexibility index (Phi) is 5.70. The van der Waals surface area contributed by atoms with Crippen molar-refractivity contribution in [2.24, 2.45) is 4.99 Å². The van der Waals surface area contributed by atoms with Crippen molar-refractivity contribution < 1.29 is 4.79 Å². The van der Waals surface area contributed by atoms with Gasteiger partial charge in [-0.1, -0.05) is 18.7 Å². The predicted octanol–water partition coefficient (Wildman–Crippen LogP) is 4.07. The minimum Gasteiger partial charge on any atom is -0.370 e. The lowest BCUT2D eigenvalue weighted by Crippen LogP contribution is -2.21. The van der Waals surface area contributed by atoms with Crippen LogP contribution in [0, 0.1) is 0 Å². The summed E-state index contributed by atoms with van der Waals surface area (Å²) < 4.78 is 0. The van der Waals surface area contributed by atoms with E-state index in [1.807, 2.05) is 30.6 Å². The number of aliphatic imine (C=N–C) groups is 1. The highest BCUT2D eigenvalue weighted by Gasteiger charge is 2.16. The number of nitrogens with zero attached hydrogens (tertiary/aromatic N) is 4. The van der Waals surface area contributed by atoms with Crippen LogP contribution in [0.5, 0.6) is 0 Å². The summed E-state index contributed by atoms with van der Waals surface area (Å²) >= 11 is 0. The fraction of sp³-hybridized carbons (Fsp3) is 0.217. The number of hydrogen-bond acceptors (Lipinski definition) is 5. The third kappa shape index (κ3) is 4.15. The Morgan fingerprint density at radius 1 is 1.23 bits per heavy atom. The lowest BCUT2D eigenvalue weighted by molar-refractivity contribution is 0.0962. The Morgan fingerprint density at radius 2 is 2.07 bits per heavy atom. The topological polar surface area (TPSA) is 86.3 Å². The molecule has 2 aromatic heterocycles. The summed E-state index contributed by atoms with van der Waals surface area (Å²) in [7, 11) is 0. The number of carbonyl (C=O) groups is 1. The summed E-state index contributed by atoms with van der Waals surface area (Å²) in [6, 6.07) is 8.09. The molecule has 0 unspecified atom stereocenters. The number of aromatic nitrogens is 3. The van der Waals surface area contributed by atoms with Gasteiger partial charge >= 0.3 is 0 Å². The van der Waals surface area contributed by atoms with E-state index < -0.39 is 0 Å². The lowest BCUT2D eigenvalue weighted by atomic mass is 10.0. The van der Waals surface area contributed by atoms with Gasteiger partial charge in [0.15, 0.2) is 5.69 Å². The van der Waals surface area contributed by atoms with Crippen LogP contribution in [0.2, 0.25) is 0 Å². The average molecular weight is 400 g/mol. The predicted molar refractivity (Wildman–Crippen MR) is 121 cm³/mol. The summed E-state index contributed by atoms with van der Waals surface area (Å²) in [4.78, 5) is 23.5. The Labute approximate surface area is 175 Å². The molecule has 30 heavy (non-hydrogen) atoms. The van der Waals surface area contributed by atoms with Crippen molar-refractivity contribution in [2.75, 3.05) is 18.0 Å². The summed E-state index contributed by atoms with van der Waals surface area (Å²) in [6.07, 6.45) is 10.9. The van der Waals surface area contributed by atoms with E-state index in [0.717, 1.165) is 40.8 Å². The van der Waals surface area contributed by atoms with Crippen LogP contribution < -0.4 is 10.2 Å². The van der Waals surface area contributed by atoms with Crippen molar-refractivity contribution in [3.63, 3.8) is 0 Å². The maximum atomic E-state index is 12.7. The lowest BCUT2D eigenvalue weighted by Gasteiger charge is -2.17. The number of carbonyl (C=O) groups excluding carboxylic acids is 1. The monoisotopic (exact) mass is 400 g/mol. The second kappa shape index (κ2) is 8.73. The summed E-state index contributed by atoms with van der Waals surface area (Å²) in [5.41, 5.74) is 4.91. The molecular weight excluding hydrogens is 376 g/mol. The van der Waals surface area contributed by atoms with Crippen molar-refractivity contribution >= 4 is 28.7 Å². The van der Waals surface area contributed by atoms with E-state index in [-0.39, 0.29) is 5.91 Å². The number of amides is 1. The van der Waals surface area contributed by atoms with Crippen molar-refractivity contribution in [3.05, 3.63) is 66.9 Å². The highest BCUT2D eigenvalue weighted by molar-refractivity contribution is 6.06. The van der Waals surface area contributed by atoms with Crippen LogP contribution in [0.1, 0.15) is 30.3 Å². The minimum atomic E-state index is -0.287. The molecule has 1 aliphatic rings. The average Bonchev–Trinajstić information content (AvgIpc) is 3.44. The van der Waals surface area contributed by atoms with Gasteiger partial charge in [-0.15, -0.1) is 0 Å². The molecule has 1 aliphatic heterocycles. The number of H-pyrrole nitrogens is 1. The van der Waals surface area contributed by atoms with E-state index in [0.29, 0.717) is 11.4 Å². The molecule has 1 fully saturated rings. The Hall–Kier alpha value is -3.74. The van der Waals surface area contributed by atoms with E-state index in [1.165, 1.54) is 12.8 Å². The van der Waals surface area contributed by atoms with Crippen LogP contribution in [-0.4, -0.2) is 40.4 Å². The highest BCUT2D eigenvalue weighted by atomic mass is 16.1. The van der Waals surface area contributed by atoms with Gasteiger partial charge in [0, 0.05) is 48.3 Å². The molecule has 1 saturated heterocycles. The fourth-order valence-corrected chi connectivity index (χ4v) is 3.59. The van der Waals surface area contributed by atoms with Crippen molar-refractivity contribution in [2.45, 2.75) is 19.8 Å². The first kappa shape index (κ1) is 19.6. The van der Waals surface area contributed by atoms with Gasteiger partial charge in [0.05, 0.1) is 17.4 Å². The van der Waals surface area contributed by atoms with Gasteiger partial charge in [0.25, 0.3) is 5.91 Å². The minimum absolute atomic E-state index is 0.287. The number of fused-ring (bicyclic) bond motifs is 1. The van der Waals surface area contributed by atoms with E-state index >= 15 is 0 Å². The number of benzene rings is 1. The number of hydrogen-bond donors (Lipinski definition) is 2. The van der Waals surface area contributed by atoms with Gasteiger partial charge in [0.2, 0.25) is 0 Å². The first-order valence-electron chi connectivity index (χ1n) is 9.96. The zero-order valence-electron chi connectivity index (χ0n) is 16.9. The molecule has 1 aromatic carbocycles. The highest BCUT2D eigenvalue weighted by Crippen LogP contribution is 2.28. The molecule has 7 heteroatoms. The number of allylic oxidation sites excluding steroid dienone is 2. The normalized spacial score (nSPS) is 14.6. The molecule has 4 rings (SSSR count). The van der Waals surface area contributed by atoms with Crippen LogP contribution in [-0.2, 0) is 0 Å². The number of rotatable bonds is 6. The zero-order chi connectivity index (χ0) is 20.9. The Balaban J connectivity index is 1.62. The SMILES string of the molecule is C=C/C=N\C=C(/C)NC(=O)c1n[nH]c2ccc(-c3cncc(N4CCCC4)c3)cc12. The molecule has 0 aliphatic carbocycles. The largest absolute Gasteiger partial charge is 0.370 e. The fourth-order valence-electron chi connectivity index (χ4n) is 3.59. The van der Waals surface area contributed by atoms with Gasteiger partial charge in [-0.25, -0.2) is 0 Å². The maximum absolute atomic E-state index is 12.7. The molecule has 152 valence electrons. The summed E-state index contributed by atoms with van der Waals surface area (Å²) in [5, 5.41) is 10.7. The van der Waals surface area contributed by atoms with E-state index in [4.69, 9.17) is 0 Å². The molecule has 2 N–H and O–H groups in total. The van der Waals surface area contributed by atoms with Crippen molar-refractivity contribution in [1.82, 2.24) is 20.5 Å². The van der Waals surface area contributed by atoms with Crippen LogP contribution in [0.3, 0.4) is 0 Å². The second-order valence-electron chi connectivity index (χ2n) is 7.26. The number of aromatic amines is 1. The molecule has 1 amide bonds.